The average molecular weight is 363 g/mol. The fourth-order valence-electron chi connectivity index (χ4n) is 2.33. The van der Waals surface area contributed by atoms with Gasteiger partial charge in [0.15, 0.2) is 0 Å². The van der Waals surface area contributed by atoms with Gasteiger partial charge in [-0.2, -0.15) is 0 Å². The second kappa shape index (κ2) is 6.13. The third kappa shape index (κ3) is 3.19. The molecule has 2 aromatic rings. The first-order chi connectivity index (χ1) is 10.0. The summed E-state index contributed by atoms with van der Waals surface area (Å²) < 4.78 is 5.67. The molecule has 1 aliphatic heterocycles. The minimum atomic E-state index is 0.430. The molecule has 0 spiro atoms. The van der Waals surface area contributed by atoms with Gasteiger partial charge in [-0.05, 0) is 29.8 Å². The normalized spacial score (nSPS) is 13.0. The second-order valence-electron chi connectivity index (χ2n) is 4.75. The first kappa shape index (κ1) is 15.1. The molecule has 0 saturated heterocycles. The Kier molecular flexibility index (Phi) is 4.41. The molecule has 3 rings (SSSR count). The molecule has 0 unspecified atom stereocenters. The van der Waals surface area contributed by atoms with E-state index in [4.69, 9.17) is 51.1 Å². The van der Waals surface area contributed by atoms with Gasteiger partial charge in [0.25, 0.3) is 0 Å². The summed E-state index contributed by atoms with van der Waals surface area (Å²) >= 11 is 24.2. The molecule has 1 heterocycles. The highest BCUT2D eigenvalue weighted by Gasteiger charge is 2.17. The van der Waals surface area contributed by atoms with Gasteiger partial charge < -0.3 is 10.1 Å². The van der Waals surface area contributed by atoms with E-state index in [0.29, 0.717) is 33.2 Å². The monoisotopic (exact) mass is 361 g/mol. The molecule has 1 aliphatic rings. The molecule has 6 heteroatoms. The van der Waals surface area contributed by atoms with Gasteiger partial charge in [-0.25, -0.2) is 0 Å². The highest BCUT2D eigenvalue weighted by molar-refractivity contribution is 6.44. The van der Waals surface area contributed by atoms with Gasteiger partial charge in [-0.15, -0.1) is 0 Å². The molecule has 0 bridgehead atoms. The zero-order valence-corrected chi connectivity index (χ0v) is 13.9. The number of halogens is 4. The number of nitrogens with one attached hydrogen (secondary N) is 1. The minimum absolute atomic E-state index is 0.430. The van der Waals surface area contributed by atoms with Crippen LogP contribution in [0.4, 0.5) is 5.69 Å². The topological polar surface area (TPSA) is 21.3 Å². The van der Waals surface area contributed by atoms with Crippen molar-refractivity contribution < 1.29 is 4.74 Å². The van der Waals surface area contributed by atoms with Crippen molar-refractivity contribution in [1.82, 2.24) is 0 Å². The second-order valence-corrected chi connectivity index (χ2v) is 6.41. The van der Waals surface area contributed by atoms with Crippen molar-refractivity contribution in [1.29, 1.82) is 0 Å². The van der Waals surface area contributed by atoms with Crippen LogP contribution in [0.2, 0.25) is 20.1 Å². The Morgan fingerprint density at radius 1 is 0.952 bits per heavy atom. The third-order valence-corrected chi connectivity index (χ3v) is 4.56. The maximum atomic E-state index is 6.15. The standard InChI is InChI=1S/C15H11Cl4NO/c16-10-3-8-1-2-21-15(8)9(4-10)7-20-14-6-12(18)11(17)5-13(14)19/h3-6,20H,1-2,7H2. The van der Waals surface area contributed by atoms with Crippen molar-refractivity contribution in [3.63, 3.8) is 0 Å². The summed E-state index contributed by atoms with van der Waals surface area (Å²) in [4.78, 5) is 0. The van der Waals surface area contributed by atoms with Gasteiger partial charge in [-0.1, -0.05) is 46.4 Å². The summed E-state index contributed by atoms with van der Waals surface area (Å²) in [5.41, 5.74) is 2.86. The van der Waals surface area contributed by atoms with E-state index in [-0.39, 0.29) is 0 Å². The Balaban J connectivity index is 1.84. The van der Waals surface area contributed by atoms with E-state index < -0.39 is 0 Å². The van der Waals surface area contributed by atoms with E-state index in [0.717, 1.165) is 29.0 Å². The van der Waals surface area contributed by atoms with Crippen LogP contribution in [0, 0.1) is 0 Å². The summed E-state index contributed by atoms with van der Waals surface area (Å²) in [6.45, 7) is 1.23. The molecule has 0 fully saturated rings. The van der Waals surface area contributed by atoms with Crippen molar-refractivity contribution in [3.8, 4) is 5.75 Å². The molecule has 21 heavy (non-hydrogen) atoms. The van der Waals surface area contributed by atoms with E-state index in [9.17, 15) is 0 Å². The first-order valence-electron chi connectivity index (χ1n) is 6.37. The highest BCUT2D eigenvalue weighted by atomic mass is 35.5. The maximum Gasteiger partial charge on any atom is 0.127 e. The quantitative estimate of drug-likeness (QED) is 0.691. The summed E-state index contributed by atoms with van der Waals surface area (Å²) in [5.74, 6) is 0.906. The molecule has 2 nitrogen and oxygen atoms in total. The fraction of sp³-hybridized carbons (Fsp3) is 0.200. The van der Waals surface area contributed by atoms with Gasteiger partial charge in [0.05, 0.1) is 27.4 Å². The Bertz CT molecular complexity index is 703. The SMILES string of the molecule is Clc1cc2c(c(CNc3cc(Cl)c(Cl)cc3Cl)c1)OCC2. The van der Waals surface area contributed by atoms with E-state index in [1.54, 1.807) is 12.1 Å². The predicted octanol–water partition coefficient (Wildman–Crippen LogP) is 5.85. The highest BCUT2D eigenvalue weighted by Crippen LogP contribution is 2.35. The third-order valence-electron chi connectivity index (χ3n) is 3.30. The van der Waals surface area contributed by atoms with E-state index in [1.807, 2.05) is 12.1 Å². The number of ether oxygens (including phenoxy) is 1. The van der Waals surface area contributed by atoms with Gasteiger partial charge in [0.1, 0.15) is 5.75 Å². The summed E-state index contributed by atoms with van der Waals surface area (Å²) in [5, 5.41) is 5.35. The number of benzene rings is 2. The van der Waals surface area contributed by atoms with Crippen LogP contribution in [0.3, 0.4) is 0 Å². The van der Waals surface area contributed by atoms with Crippen LogP contribution in [0.1, 0.15) is 11.1 Å². The van der Waals surface area contributed by atoms with Crippen LogP contribution < -0.4 is 10.1 Å². The smallest absolute Gasteiger partial charge is 0.127 e. The summed E-state index contributed by atoms with van der Waals surface area (Å²) in [6.07, 6.45) is 0.885. The zero-order chi connectivity index (χ0) is 15.0. The van der Waals surface area contributed by atoms with Crippen molar-refractivity contribution in [2.45, 2.75) is 13.0 Å². The molecule has 110 valence electrons. The molecular weight excluding hydrogens is 352 g/mol. The van der Waals surface area contributed by atoms with Crippen LogP contribution in [0.25, 0.3) is 0 Å². The largest absolute Gasteiger partial charge is 0.493 e. The summed E-state index contributed by atoms with van der Waals surface area (Å²) in [7, 11) is 0. The molecular formula is C15H11Cl4NO. The van der Waals surface area contributed by atoms with Crippen molar-refractivity contribution in [2.75, 3.05) is 11.9 Å². The lowest BCUT2D eigenvalue weighted by Crippen LogP contribution is -2.02. The molecule has 2 aromatic carbocycles. The van der Waals surface area contributed by atoms with E-state index in [2.05, 4.69) is 5.32 Å². The number of anilines is 1. The first-order valence-corrected chi connectivity index (χ1v) is 7.88. The lowest BCUT2D eigenvalue weighted by Gasteiger charge is -2.13. The molecule has 0 saturated carbocycles. The molecule has 0 atom stereocenters. The van der Waals surface area contributed by atoms with Crippen LogP contribution in [-0.2, 0) is 13.0 Å². The molecule has 0 aromatic heterocycles. The maximum absolute atomic E-state index is 6.15. The number of fused-ring (bicyclic) bond motifs is 1. The van der Waals surface area contributed by atoms with Gasteiger partial charge in [0, 0.05) is 23.6 Å². The Hall–Kier alpha value is -0.800. The van der Waals surface area contributed by atoms with Crippen LogP contribution in [0.5, 0.6) is 5.75 Å². The van der Waals surface area contributed by atoms with Crippen molar-refractivity contribution in [3.05, 3.63) is 55.5 Å². The number of rotatable bonds is 3. The van der Waals surface area contributed by atoms with Crippen molar-refractivity contribution in [2.24, 2.45) is 0 Å². The molecule has 0 amide bonds. The Morgan fingerprint density at radius 3 is 2.52 bits per heavy atom. The van der Waals surface area contributed by atoms with Gasteiger partial charge in [0.2, 0.25) is 0 Å². The predicted molar refractivity (Wildman–Crippen MR) is 89.4 cm³/mol. The van der Waals surface area contributed by atoms with Crippen LogP contribution in [-0.4, -0.2) is 6.61 Å². The Labute approximate surface area is 142 Å². The Morgan fingerprint density at radius 2 is 1.71 bits per heavy atom. The minimum Gasteiger partial charge on any atom is -0.493 e. The summed E-state index contributed by atoms with van der Waals surface area (Å²) in [6, 6.07) is 7.16. The van der Waals surface area contributed by atoms with E-state index >= 15 is 0 Å². The van der Waals surface area contributed by atoms with Crippen LogP contribution in [0.15, 0.2) is 24.3 Å². The van der Waals surface area contributed by atoms with Gasteiger partial charge in [-0.3, -0.25) is 0 Å². The van der Waals surface area contributed by atoms with Crippen LogP contribution >= 0.6 is 46.4 Å². The zero-order valence-electron chi connectivity index (χ0n) is 10.9. The molecule has 0 aliphatic carbocycles. The average Bonchev–Trinajstić information content (AvgIpc) is 2.89. The van der Waals surface area contributed by atoms with E-state index in [1.165, 1.54) is 0 Å². The molecule has 0 radical (unpaired) electrons. The lowest BCUT2D eigenvalue weighted by molar-refractivity contribution is 0.354. The molecule has 1 N–H and O–H groups in total. The number of hydrogen-bond acceptors (Lipinski definition) is 2. The fourth-order valence-corrected chi connectivity index (χ4v) is 3.20. The van der Waals surface area contributed by atoms with Crippen molar-refractivity contribution >= 4 is 52.1 Å². The lowest BCUT2D eigenvalue weighted by atomic mass is 10.1. The number of hydrogen-bond donors (Lipinski definition) is 1. The van der Waals surface area contributed by atoms with Gasteiger partial charge >= 0.3 is 0 Å².